The second kappa shape index (κ2) is 17.9. The van der Waals surface area contributed by atoms with Crippen LogP contribution in [0.3, 0.4) is 0 Å². The van der Waals surface area contributed by atoms with Gasteiger partial charge in [0.15, 0.2) is 0 Å². The number of aromatic nitrogens is 1. The van der Waals surface area contributed by atoms with Crippen LogP contribution in [0.25, 0.3) is 83.1 Å². The van der Waals surface area contributed by atoms with E-state index < -0.39 is 5.41 Å². The van der Waals surface area contributed by atoms with E-state index in [9.17, 15) is 0 Å². The fraction of sp³-hybridized carbons (Fsp3) is 0.0526. The van der Waals surface area contributed by atoms with Crippen LogP contribution in [0.5, 0.6) is 0 Å². The van der Waals surface area contributed by atoms with E-state index in [0.717, 1.165) is 11.4 Å². The molecule has 2 heterocycles. The van der Waals surface area contributed by atoms with Crippen molar-refractivity contribution in [3.05, 3.63) is 325 Å². The second-order valence-electron chi connectivity index (χ2n) is 21.6. The summed E-state index contributed by atoms with van der Waals surface area (Å²) >= 11 is 0. The lowest BCUT2D eigenvalue weighted by atomic mass is 9.67. The van der Waals surface area contributed by atoms with E-state index in [1.807, 2.05) is 0 Å². The Morgan fingerprint density at radius 3 is 1.26 bits per heavy atom. The average molecular weight is 995 g/mol. The lowest BCUT2D eigenvalue weighted by Gasteiger charge is -2.42. The van der Waals surface area contributed by atoms with Crippen molar-refractivity contribution < 1.29 is 0 Å². The number of rotatable bonds is 8. The number of para-hydroxylation sites is 2. The van der Waals surface area contributed by atoms with Crippen LogP contribution in [0.1, 0.15) is 47.2 Å². The molecule has 0 saturated heterocycles. The van der Waals surface area contributed by atoms with Crippen molar-refractivity contribution in [1.29, 1.82) is 0 Å². The number of benzene rings is 12. The fourth-order valence-electron chi connectivity index (χ4n) is 13.4. The smallest absolute Gasteiger partial charge is 0.0714 e. The summed E-state index contributed by atoms with van der Waals surface area (Å²) in [7, 11) is 0. The first-order chi connectivity index (χ1) is 38.4. The SMILES string of the molecule is CC1(C)c2cc(-c3ccccc3)ccc2N(c2ccccc2)c2ccc(-c3ccc4c(c3)C(c3ccccc3)(c3ccccc3)c3cccc(-c5ccc6c(c5)c5cc(-c7ccccc7)ccc5n6-c5ccccc5)c3-4)cc21. The number of nitrogens with zero attached hydrogens (tertiary/aromatic N) is 2. The van der Waals surface area contributed by atoms with Gasteiger partial charge in [-0.2, -0.15) is 0 Å². The van der Waals surface area contributed by atoms with Crippen molar-refractivity contribution in [3.8, 4) is 61.3 Å². The molecular formula is C76H54N2. The van der Waals surface area contributed by atoms with E-state index in [4.69, 9.17) is 0 Å². The van der Waals surface area contributed by atoms with Crippen LogP contribution in [0.2, 0.25) is 0 Å². The highest BCUT2D eigenvalue weighted by atomic mass is 15.2. The Morgan fingerprint density at radius 2 is 0.705 bits per heavy atom. The lowest BCUT2D eigenvalue weighted by molar-refractivity contribution is 0.632. The van der Waals surface area contributed by atoms with Gasteiger partial charge in [0.05, 0.1) is 27.8 Å². The van der Waals surface area contributed by atoms with Crippen LogP contribution >= 0.6 is 0 Å². The molecule has 13 aromatic rings. The fourth-order valence-corrected chi connectivity index (χ4v) is 13.4. The second-order valence-corrected chi connectivity index (χ2v) is 21.6. The Morgan fingerprint density at radius 1 is 0.282 bits per heavy atom. The van der Waals surface area contributed by atoms with Gasteiger partial charge in [-0.3, -0.25) is 0 Å². The van der Waals surface area contributed by atoms with Gasteiger partial charge in [-0.05, 0) is 168 Å². The van der Waals surface area contributed by atoms with Crippen molar-refractivity contribution in [3.63, 3.8) is 0 Å². The van der Waals surface area contributed by atoms with Crippen LogP contribution in [0.15, 0.2) is 291 Å². The maximum Gasteiger partial charge on any atom is 0.0714 e. The summed E-state index contributed by atoms with van der Waals surface area (Å²) in [6.07, 6.45) is 0. The molecule has 0 atom stereocenters. The molecule has 0 saturated carbocycles. The van der Waals surface area contributed by atoms with E-state index in [1.165, 1.54) is 122 Å². The molecular weight excluding hydrogens is 941 g/mol. The molecule has 15 rings (SSSR count). The average Bonchev–Trinajstić information content (AvgIpc) is 3.62. The molecule has 0 bridgehead atoms. The molecule has 78 heavy (non-hydrogen) atoms. The third-order valence-electron chi connectivity index (χ3n) is 17.0. The van der Waals surface area contributed by atoms with Crippen LogP contribution in [0.4, 0.5) is 17.1 Å². The molecule has 0 unspecified atom stereocenters. The first-order valence-corrected chi connectivity index (χ1v) is 27.2. The van der Waals surface area contributed by atoms with Crippen LogP contribution in [-0.2, 0) is 10.8 Å². The molecule has 1 aromatic heterocycles. The quantitative estimate of drug-likeness (QED) is 0.147. The molecule has 0 spiro atoms. The van der Waals surface area contributed by atoms with Crippen molar-refractivity contribution >= 4 is 38.9 Å². The Bertz CT molecular complexity index is 4390. The molecule has 0 amide bonds. The monoisotopic (exact) mass is 994 g/mol. The lowest BCUT2D eigenvalue weighted by Crippen LogP contribution is -2.30. The highest BCUT2D eigenvalue weighted by Gasteiger charge is 2.47. The Labute approximate surface area is 456 Å². The molecule has 0 fully saturated rings. The minimum Gasteiger partial charge on any atom is -0.310 e. The summed E-state index contributed by atoms with van der Waals surface area (Å²) in [4.78, 5) is 2.46. The third-order valence-corrected chi connectivity index (χ3v) is 17.0. The summed E-state index contributed by atoms with van der Waals surface area (Å²) in [5.41, 5.74) is 26.0. The Balaban J connectivity index is 0.942. The number of fused-ring (bicyclic) bond motifs is 8. The van der Waals surface area contributed by atoms with Crippen LogP contribution in [-0.4, -0.2) is 4.57 Å². The van der Waals surface area contributed by atoms with Gasteiger partial charge in [-0.1, -0.05) is 226 Å². The van der Waals surface area contributed by atoms with Crippen molar-refractivity contribution in [2.75, 3.05) is 4.90 Å². The standard InChI is InChI=1S/C76H54N2/c1-75(2)68-49-54(52-24-11-4-12-25-52)38-44-72(68)78(61-32-19-8-20-33-61)73-45-39-56(50-69(73)75)55-36-41-63-67(48-55)76(58-26-13-5-14-27-58,59-28-15-6-16-29-59)66-35-21-34-62(74(63)66)57-40-43-71-65(47-57)64-46-53(51-22-9-3-10-23-51)37-42-70(64)77(71)60-30-17-7-18-31-60/h3-50H,1-2H3. The molecule has 368 valence electrons. The van der Waals surface area contributed by atoms with Gasteiger partial charge < -0.3 is 9.47 Å². The van der Waals surface area contributed by atoms with E-state index >= 15 is 0 Å². The molecule has 0 radical (unpaired) electrons. The normalized spacial score (nSPS) is 13.7. The van der Waals surface area contributed by atoms with Crippen molar-refractivity contribution in [1.82, 2.24) is 4.57 Å². The molecule has 2 nitrogen and oxygen atoms in total. The van der Waals surface area contributed by atoms with Gasteiger partial charge in [-0.25, -0.2) is 0 Å². The molecule has 1 aliphatic heterocycles. The highest BCUT2D eigenvalue weighted by molar-refractivity contribution is 6.12. The van der Waals surface area contributed by atoms with Gasteiger partial charge in [0, 0.05) is 27.6 Å². The van der Waals surface area contributed by atoms with Crippen LogP contribution in [0, 0.1) is 0 Å². The summed E-state index contributed by atoms with van der Waals surface area (Å²) in [5.74, 6) is 0. The molecule has 2 aliphatic rings. The first-order valence-electron chi connectivity index (χ1n) is 27.2. The molecule has 12 aromatic carbocycles. The van der Waals surface area contributed by atoms with Gasteiger partial charge in [0.25, 0.3) is 0 Å². The first kappa shape index (κ1) is 45.6. The van der Waals surface area contributed by atoms with Gasteiger partial charge in [0.2, 0.25) is 0 Å². The number of hydrogen-bond acceptors (Lipinski definition) is 1. The van der Waals surface area contributed by atoms with E-state index in [2.05, 4.69) is 315 Å². The number of hydrogen-bond donors (Lipinski definition) is 0. The molecule has 2 heteroatoms. The molecule has 0 N–H and O–H groups in total. The zero-order valence-electron chi connectivity index (χ0n) is 43.6. The summed E-state index contributed by atoms with van der Waals surface area (Å²) < 4.78 is 2.42. The summed E-state index contributed by atoms with van der Waals surface area (Å²) in [6.45, 7) is 4.81. The maximum absolute atomic E-state index is 2.52. The van der Waals surface area contributed by atoms with Gasteiger partial charge in [0.1, 0.15) is 0 Å². The summed E-state index contributed by atoms with van der Waals surface area (Å²) in [5, 5.41) is 2.46. The van der Waals surface area contributed by atoms with E-state index in [1.54, 1.807) is 0 Å². The highest BCUT2D eigenvalue weighted by Crippen LogP contribution is 2.60. The predicted molar refractivity (Wildman–Crippen MR) is 327 cm³/mol. The number of anilines is 3. The van der Waals surface area contributed by atoms with E-state index in [-0.39, 0.29) is 5.41 Å². The minimum absolute atomic E-state index is 0.311. The Hall–Kier alpha value is -9.76. The maximum atomic E-state index is 2.52. The van der Waals surface area contributed by atoms with Gasteiger partial charge in [-0.15, -0.1) is 0 Å². The predicted octanol–water partition coefficient (Wildman–Crippen LogP) is 19.9. The minimum atomic E-state index is -0.610. The summed E-state index contributed by atoms with van der Waals surface area (Å²) in [6, 6.07) is 108. The van der Waals surface area contributed by atoms with Gasteiger partial charge >= 0.3 is 0 Å². The van der Waals surface area contributed by atoms with Crippen molar-refractivity contribution in [2.45, 2.75) is 24.7 Å². The zero-order chi connectivity index (χ0) is 52.0. The topological polar surface area (TPSA) is 8.17 Å². The van der Waals surface area contributed by atoms with Crippen molar-refractivity contribution in [2.24, 2.45) is 0 Å². The largest absolute Gasteiger partial charge is 0.310 e. The Kier molecular flexibility index (Phi) is 10.5. The zero-order valence-corrected chi connectivity index (χ0v) is 43.6. The van der Waals surface area contributed by atoms with E-state index in [0.29, 0.717) is 0 Å². The third kappa shape index (κ3) is 6.96. The van der Waals surface area contributed by atoms with Crippen LogP contribution < -0.4 is 4.90 Å². The molecule has 1 aliphatic carbocycles.